The normalized spacial score (nSPS) is 21.3. The van der Waals surface area contributed by atoms with E-state index < -0.39 is 35.7 Å². The smallest absolute Gasteiger partial charge is 0.322 e. The molecule has 0 aliphatic carbocycles. The summed E-state index contributed by atoms with van der Waals surface area (Å²) in [6.45, 7) is 4.97. The van der Waals surface area contributed by atoms with E-state index >= 15 is 0 Å². The molecule has 12 heteroatoms. The van der Waals surface area contributed by atoms with Gasteiger partial charge < -0.3 is 41.5 Å². The number of carboxylic acids is 3. The van der Waals surface area contributed by atoms with Gasteiger partial charge in [-0.1, -0.05) is 60.7 Å². The molecule has 12 nitrogen and oxygen atoms in total. The van der Waals surface area contributed by atoms with E-state index in [1.54, 1.807) is 11.0 Å². The molecule has 1 unspecified atom stereocenters. The van der Waals surface area contributed by atoms with Crippen molar-refractivity contribution >= 4 is 29.6 Å². The Hall–Kier alpha value is -4.78. The highest BCUT2D eigenvalue weighted by molar-refractivity contribution is 5.89. The van der Waals surface area contributed by atoms with Crippen molar-refractivity contribution in [3.05, 3.63) is 101 Å². The van der Waals surface area contributed by atoms with Gasteiger partial charge in [0.05, 0.1) is 17.8 Å². The SMILES string of the molecule is O=C(O)[C@@H](Cc1cccc(CN(Cc2cccc(C[C@H](C(=O)O)[C@H]3CCNC3)c2)C(=O)Nc2cccc(C[C@H](C(=O)O)[C@H]3CCNC3)c2)c1)C1CCNC1. The number of carbonyl (C=O) groups excluding carboxylic acids is 1. The maximum absolute atomic E-state index is 14.2. The van der Waals surface area contributed by atoms with Crippen molar-refractivity contribution in [1.29, 1.82) is 0 Å². The van der Waals surface area contributed by atoms with E-state index in [2.05, 4.69) is 21.3 Å². The molecule has 0 aromatic heterocycles. The van der Waals surface area contributed by atoms with Crippen LogP contribution >= 0.6 is 0 Å². The lowest BCUT2D eigenvalue weighted by atomic mass is 9.86. The monoisotopic (exact) mass is 739 g/mol. The number of hydrogen-bond acceptors (Lipinski definition) is 7. The van der Waals surface area contributed by atoms with Crippen LogP contribution in [-0.4, -0.2) is 83.4 Å². The highest BCUT2D eigenvalue weighted by Gasteiger charge is 2.33. The summed E-state index contributed by atoms with van der Waals surface area (Å²) in [7, 11) is 0. The number of hydrogen-bond donors (Lipinski definition) is 7. The Balaban J connectivity index is 1.22. The molecule has 3 fully saturated rings. The van der Waals surface area contributed by atoms with Crippen LogP contribution in [0.15, 0.2) is 72.8 Å². The number of urea groups is 1. The van der Waals surface area contributed by atoms with Gasteiger partial charge in [0.15, 0.2) is 0 Å². The minimum absolute atomic E-state index is 0.0454. The average molecular weight is 740 g/mol. The first kappa shape index (κ1) is 38.9. The fourth-order valence-corrected chi connectivity index (χ4v) is 8.52. The molecule has 2 amide bonds. The van der Waals surface area contributed by atoms with E-state index in [4.69, 9.17) is 0 Å². The third-order valence-corrected chi connectivity index (χ3v) is 11.5. The molecule has 0 radical (unpaired) electrons. The Morgan fingerprint density at radius 3 is 1.31 bits per heavy atom. The number of anilines is 1. The molecule has 54 heavy (non-hydrogen) atoms. The van der Waals surface area contributed by atoms with Crippen LogP contribution in [0.25, 0.3) is 0 Å². The fraction of sp³-hybridized carbons (Fsp3) is 0.476. The highest BCUT2D eigenvalue weighted by atomic mass is 16.4. The minimum atomic E-state index is -0.821. The Kier molecular flexibility index (Phi) is 13.3. The molecular formula is C42H53N5O7. The van der Waals surface area contributed by atoms with Crippen molar-refractivity contribution in [1.82, 2.24) is 20.9 Å². The van der Waals surface area contributed by atoms with Gasteiger partial charge in [0.2, 0.25) is 0 Å². The topological polar surface area (TPSA) is 180 Å². The van der Waals surface area contributed by atoms with E-state index in [1.165, 1.54) is 0 Å². The van der Waals surface area contributed by atoms with Gasteiger partial charge in [-0.05, 0) is 135 Å². The molecule has 3 aromatic rings. The zero-order chi connectivity index (χ0) is 38.0. The summed E-state index contributed by atoms with van der Waals surface area (Å²) in [6, 6.07) is 22.5. The van der Waals surface area contributed by atoms with Crippen LogP contribution in [0, 0.1) is 35.5 Å². The zero-order valence-corrected chi connectivity index (χ0v) is 30.7. The Bertz CT molecular complexity index is 1690. The Morgan fingerprint density at radius 1 is 0.574 bits per heavy atom. The van der Waals surface area contributed by atoms with E-state index in [0.717, 1.165) is 66.7 Å². The molecule has 3 aromatic carbocycles. The molecule has 3 aliphatic rings. The largest absolute Gasteiger partial charge is 0.481 e. The molecule has 3 aliphatic heterocycles. The van der Waals surface area contributed by atoms with Crippen molar-refractivity contribution in [2.75, 3.05) is 44.6 Å². The van der Waals surface area contributed by atoms with Gasteiger partial charge in [-0.15, -0.1) is 0 Å². The number of nitrogens with one attached hydrogen (secondary N) is 4. The van der Waals surface area contributed by atoms with Crippen LogP contribution in [0.5, 0.6) is 0 Å². The third kappa shape index (κ3) is 10.5. The third-order valence-electron chi connectivity index (χ3n) is 11.5. The zero-order valence-electron chi connectivity index (χ0n) is 30.7. The predicted octanol–water partition coefficient (Wildman–Crippen LogP) is 4.48. The number of amides is 2. The second-order valence-corrected chi connectivity index (χ2v) is 15.3. The second-order valence-electron chi connectivity index (χ2n) is 15.3. The molecule has 0 bridgehead atoms. The number of aliphatic carboxylic acids is 3. The first-order valence-electron chi connectivity index (χ1n) is 19.2. The minimum Gasteiger partial charge on any atom is -0.481 e. The summed E-state index contributed by atoms with van der Waals surface area (Å²) >= 11 is 0. The molecule has 6 rings (SSSR count). The van der Waals surface area contributed by atoms with Gasteiger partial charge in [-0.25, -0.2) is 4.79 Å². The van der Waals surface area contributed by atoms with E-state index in [-0.39, 0.29) is 36.9 Å². The van der Waals surface area contributed by atoms with Crippen molar-refractivity contribution in [2.45, 2.75) is 51.6 Å². The van der Waals surface area contributed by atoms with Crippen molar-refractivity contribution in [3.8, 4) is 0 Å². The van der Waals surface area contributed by atoms with Gasteiger partial charge in [0.25, 0.3) is 0 Å². The van der Waals surface area contributed by atoms with E-state index in [0.29, 0.717) is 44.6 Å². The number of carboxylic acid groups (broad SMARTS) is 3. The first-order chi connectivity index (χ1) is 26.1. The molecule has 3 saturated heterocycles. The van der Waals surface area contributed by atoms with Crippen LogP contribution in [-0.2, 0) is 46.7 Å². The van der Waals surface area contributed by atoms with Crippen molar-refractivity contribution < 1.29 is 34.5 Å². The Morgan fingerprint density at radius 2 is 0.944 bits per heavy atom. The highest BCUT2D eigenvalue weighted by Crippen LogP contribution is 2.28. The van der Waals surface area contributed by atoms with Crippen LogP contribution in [0.3, 0.4) is 0 Å². The number of rotatable bonds is 17. The van der Waals surface area contributed by atoms with Crippen LogP contribution in [0.2, 0.25) is 0 Å². The molecule has 3 heterocycles. The summed E-state index contributed by atoms with van der Waals surface area (Å²) in [6.07, 6.45) is 3.61. The average Bonchev–Trinajstić information content (AvgIpc) is 3.97. The summed E-state index contributed by atoms with van der Waals surface area (Å²) in [5.74, 6) is -3.82. The maximum atomic E-state index is 14.2. The standard InChI is InChI=1S/C42H53N5O7/c48-39(49)36(32-10-13-43-22-32)19-27-4-1-7-30(16-27)25-47(26-31-8-2-5-28(17-31)20-37(40(50)51)33-11-14-44-23-33)42(54)46-35-9-3-6-29(18-35)21-38(41(52)53)34-12-15-45-24-34/h1-9,16-18,32-34,36-38,43-45H,10-15,19-26H2,(H,46,54)(H,48,49)(H,50,51)(H,52,53)/t32-,33?,34-,36-,37-,38-/m0/s1. The van der Waals surface area contributed by atoms with Gasteiger partial charge >= 0.3 is 23.9 Å². The van der Waals surface area contributed by atoms with E-state index in [1.807, 2.05) is 66.7 Å². The Labute approximate surface area is 316 Å². The number of carbonyl (C=O) groups is 4. The second kappa shape index (κ2) is 18.5. The predicted molar refractivity (Wildman–Crippen MR) is 205 cm³/mol. The van der Waals surface area contributed by atoms with Crippen molar-refractivity contribution in [2.24, 2.45) is 35.5 Å². The molecule has 6 atom stereocenters. The summed E-state index contributed by atoms with van der Waals surface area (Å²) in [5.41, 5.74) is 4.89. The van der Waals surface area contributed by atoms with Crippen LogP contribution in [0.1, 0.15) is 47.1 Å². The quantitative estimate of drug-likeness (QED) is 0.104. The summed E-state index contributed by atoms with van der Waals surface area (Å²) in [4.78, 5) is 52.6. The molecule has 288 valence electrons. The van der Waals surface area contributed by atoms with Crippen molar-refractivity contribution in [3.63, 3.8) is 0 Å². The first-order valence-corrected chi connectivity index (χ1v) is 19.2. The summed E-state index contributed by atoms with van der Waals surface area (Å²) in [5, 5.41) is 43.0. The number of nitrogens with zero attached hydrogens (tertiary/aromatic N) is 1. The van der Waals surface area contributed by atoms with Crippen LogP contribution in [0.4, 0.5) is 10.5 Å². The lowest BCUT2D eigenvalue weighted by molar-refractivity contribution is -0.144. The fourth-order valence-electron chi connectivity index (χ4n) is 8.52. The summed E-state index contributed by atoms with van der Waals surface area (Å²) < 4.78 is 0. The van der Waals surface area contributed by atoms with E-state index in [9.17, 15) is 34.5 Å². The molecule has 0 spiro atoms. The maximum Gasteiger partial charge on any atom is 0.322 e. The van der Waals surface area contributed by atoms with Gasteiger partial charge in [-0.3, -0.25) is 14.4 Å². The lowest BCUT2D eigenvalue weighted by Crippen LogP contribution is -2.34. The molecule has 7 N–H and O–H groups in total. The molecular weight excluding hydrogens is 686 g/mol. The van der Waals surface area contributed by atoms with Gasteiger partial charge in [0.1, 0.15) is 0 Å². The van der Waals surface area contributed by atoms with Gasteiger partial charge in [0, 0.05) is 18.8 Å². The van der Waals surface area contributed by atoms with Crippen LogP contribution < -0.4 is 21.3 Å². The number of benzene rings is 3. The molecule has 0 saturated carbocycles. The van der Waals surface area contributed by atoms with Gasteiger partial charge in [-0.2, -0.15) is 0 Å². The lowest BCUT2D eigenvalue weighted by Gasteiger charge is -2.25.